The van der Waals surface area contributed by atoms with Gasteiger partial charge in [-0.3, -0.25) is 19.1 Å². The van der Waals surface area contributed by atoms with Crippen molar-refractivity contribution in [1.29, 1.82) is 0 Å². The summed E-state index contributed by atoms with van der Waals surface area (Å²) in [5, 5.41) is 5.14. The number of aromatic nitrogens is 3. The molecule has 4 heterocycles. The van der Waals surface area contributed by atoms with Crippen LogP contribution < -0.4 is 20.1 Å². The molecule has 2 aliphatic heterocycles. The van der Waals surface area contributed by atoms with E-state index in [1.165, 1.54) is 4.90 Å². The third-order valence-corrected chi connectivity index (χ3v) is 14.1. The van der Waals surface area contributed by atoms with Crippen LogP contribution in [0.15, 0.2) is 72.8 Å². The van der Waals surface area contributed by atoms with Crippen molar-refractivity contribution in [3.63, 3.8) is 0 Å². The Hall–Kier alpha value is -5.51. The zero-order chi connectivity index (χ0) is 40.7. The highest BCUT2D eigenvalue weighted by Gasteiger charge is 2.62. The van der Waals surface area contributed by atoms with Crippen LogP contribution in [0.5, 0.6) is 5.88 Å². The molecule has 4 amide bonds. The number of carbonyl (C=O) groups excluding carboxylic acids is 4. The molecule has 15 nitrogen and oxygen atoms in total. The lowest BCUT2D eigenvalue weighted by atomic mass is 10.0. The summed E-state index contributed by atoms with van der Waals surface area (Å²) in [5.41, 5.74) is 1.43. The number of rotatable bonds is 8. The van der Waals surface area contributed by atoms with Gasteiger partial charge in [0.25, 0.3) is 5.91 Å². The standard InChI is InChI=1S/C43H49N7O8S/c51-38-36-23-30(57-37-24-34(27-13-5-4-6-14-27)45-41-44-32-18-11-12-20-35(32)50(37)41)26-49(36)39(52)33(46-42(54)58-29-16-9-10-17-29)19-8-3-1-2-7-15-28-25-43(28,47-38)40(53)48-59(55,56)31-21-22-31/h4-7,11-15,18,20,24,28-31,33,36H,1-3,8-10,16-17,19,21-23,25-26H2,(H,46,54)(H,47,51)(H,48,53). The van der Waals surface area contributed by atoms with Gasteiger partial charge in [0, 0.05) is 24.0 Å². The molecule has 1 saturated heterocycles. The molecule has 4 fully saturated rings. The van der Waals surface area contributed by atoms with Crippen molar-refractivity contribution in [2.24, 2.45) is 5.92 Å². The summed E-state index contributed by atoms with van der Waals surface area (Å²) in [6.45, 7) is -0.0114. The third-order valence-electron chi connectivity index (χ3n) is 12.3. The Morgan fingerprint density at radius 3 is 2.44 bits per heavy atom. The van der Waals surface area contributed by atoms with Gasteiger partial charge < -0.3 is 25.0 Å². The molecule has 9 rings (SSSR count). The van der Waals surface area contributed by atoms with Crippen molar-refractivity contribution >= 4 is 50.6 Å². The number of sulfonamides is 1. The molecule has 5 unspecified atom stereocenters. The number of carbonyl (C=O) groups is 4. The Bertz CT molecular complexity index is 2410. The van der Waals surface area contributed by atoms with Crippen LogP contribution >= 0.6 is 0 Å². The molecule has 310 valence electrons. The topological polar surface area (TPSA) is 190 Å². The van der Waals surface area contributed by atoms with Crippen LogP contribution in [0.3, 0.4) is 0 Å². The molecule has 5 atom stereocenters. The van der Waals surface area contributed by atoms with Gasteiger partial charge in [-0.2, -0.15) is 0 Å². The minimum atomic E-state index is -3.90. The van der Waals surface area contributed by atoms with E-state index in [0.29, 0.717) is 55.0 Å². The molecule has 3 aliphatic carbocycles. The number of para-hydroxylation sites is 2. The lowest BCUT2D eigenvalue weighted by Crippen LogP contribution is -2.58. The Morgan fingerprint density at radius 2 is 1.64 bits per heavy atom. The van der Waals surface area contributed by atoms with Gasteiger partial charge in [0.1, 0.15) is 29.8 Å². The average molecular weight is 824 g/mol. The summed E-state index contributed by atoms with van der Waals surface area (Å²) in [6.07, 6.45) is 10.2. The number of allylic oxidation sites excluding steroid dienone is 1. The first-order valence-corrected chi connectivity index (χ1v) is 22.5. The third kappa shape index (κ3) is 8.10. The van der Waals surface area contributed by atoms with Crippen LogP contribution in [-0.4, -0.2) is 93.1 Å². The van der Waals surface area contributed by atoms with Gasteiger partial charge >= 0.3 is 6.09 Å². The van der Waals surface area contributed by atoms with Gasteiger partial charge in [0.2, 0.25) is 33.5 Å². The second-order valence-electron chi connectivity index (χ2n) is 16.6. The SMILES string of the molecule is O=C(NC1CCCCCC=CC2CC2(C(=O)NS(=O)(=O)C2CC2)NC(=O)C2CC(Oc3cc(-c4ccccc4)nc4nc5ccccc5n34)CN2C1=O)OC1CCCC1. The van der Waals surface area contributed by atoms with Crippen LogP contribution in [-0.2, 0) is 29.1 Å². The zero-order valence-electron chi connectivity index (χ0n) is 32.8. The summed E-state index contributed by atoms with van der Waals surface area (Å²) in [5.74, 6) is -1.47. The number of hydrogen-bond acceptors (Lipinski definition) is 10. The second kappa shape index (κ2) is 15.9. The predicted molar refractivity (Wildman–Crippen MR) is 217 cm³/mol. The molecule has 2 aromatic heterocycles. The monoisotopic (exact) mass is 823 g/mol. The molecule has 2 aromatic carbocycles. The summed E-state index contributed by atoms with van der Waals surface area (Å²) in [4.78, 5) is 67.6. The van der Waals surface area contributed by atoms with E-state index in [-0.39, 0.29) is 25.5 Å². The van der Waals surface area contributed by atoms with E-state index in [4.69, 9.17) is 19.4 Å². The van der Waals surface area contributed by atoms with Gasteiger partial charge in [-0.05, 0) is 76.3 Å². The largest absolute Gasteiger partial charge is 0.473 e. The molecular formula is C43H49N7O8S. The number of alkyl carbamates (subject to hydrolysis) is 1. The minimum Gasteiger partial charge on any atom is -0.473 e. The molecule has 59 heavy (non-hydrogen) atoms. The van der Waals surface area contributed by atoms with Crippen molar-refractivity contribution in [2.75, 3.05) is 6.54 Å². The van der Waals surface area contributed by atoms with Gasteiger partial charge in [0.15, 0.2) is 0 Å². The van der Waals surface area contributed by atoms with Crippen molar-refractivity contribution in [3.05, 3.63) is 72.8 Å². The van der Waals surface area contributed by atoms with E-state index >= 15 is 0 Å². The highest BCUT2D eigenvalue weighted by molar-refractivity contribution is 7.91. The number of nitrogens with zero attached hydrogens (tertiary/aromatic N) is 4. The van der Waals surface area contributed by atoms with Crippen molar-refractivity contribution in [2.45, 2.75) is 119 Å². The number of amides is 4. The van der Waals surface area contributed by atoms with E-state index in [9.17, 15) is 27.6 Å². The number of imidazole rings is 1. The lowest BCUT2D eigenvalue weighted by Gasteiger charge is -2.30. The van der Waals surface area contributed by atoms with E-state index in [1.807, 2.05) is 77.2 Å². The molecule has 4 aromatic rings. The Morgan fingerprint density at radius 1 is 0.881 bits per heavy atom. The number of benzene rings is 2. The van der Waals surface area contributed by atoms with E-state index < -0.39 is 68.7 Å². The summed E-state index contributed by atoms with van der Waals surface area (Å²) in [7, 11) is -3.90. The number of hydrogen-bond donors (Lipinski definition) is 3. The molecule has 16 heteroatoms. The molecule has 0 bridgehead atoms. The fourth-order valence-electron chi connectivity index (χ4n) is 8.82. The van der Waals surface area contributed by atoms with Crippen LogP contribution in [0.25, 0.3) is 28.1 Å². The first kappa shape index (κ1) is 39.0. The van der Waals surface area contributed by atoms with E-state index in [1.54, 1.807) is 0 Å². The zero-order valence-corrected chi connectivity index (χ0v) is 33.6. The number of fused-ring (bicyclic) bond motifs is 5. The van der Waals surface area contributed by atoms with E-state index in [2.05, 4.69) is 15.4 Å². The fourth-order valence-corrected chi connectivity index (χ4v) is 10.2. The Balaban J connectivity index is 1.05. The second-order valence-corrected chi connectivity index (χ2v) is 18.5. The maximum absolute atomic E-state index is 14.8. The molecule has 5 aliphatic rings. The van der Waals surface area contributed by atoms with Crippen LogP contribution in [0.4, 0.5) is 4.79 Å². The maximum atomic E-state index is 14.8. The Labute approximate surface area is 342 Å². The Kier molecular flexibility index (Phi) is 10.5. The smallest absolute Gasteiger partial charge is 0.408 e. The van der Waals surface area contributed by atoms with Crippen LogP contribution in [0.1, 0.15) is 83.5 Å². The van der Waals surface area contributed by atoms with Gasteiger partial charge in [0.05, 0.1) is 28.5 Å². The van der Waals surface area contributed by atoms with Gasteiger partial charge in [-0.25, -0.2) is 27.6 Å². The highest BCUT2D eigenvalue weighted by atomic mass is 32.2. The van der Waals surface area contributed by atoms with Crippen molar-refractivity contribution in [3.8, 4) is 17.1 Å². The molecular weight excluding hydrogens is 775 g/mol. The molecule has 3 N–H and O–H groups in total. The predicted octanol–water partition coefficient (Wildman–Crippen LogP) is 4.94. The lowest BCUT2D eigenvalue weighted by molar-refractivity contribution is -0.141. The number of ether oxygens (including phenoxy) is 2. The summed E-state index contributed by atoms with van der Waals surface area (Å²) >= 11 is 0. The fraction of sp³-hybridized carbons (Fsp3) is 0.488. The summed E-state index contributed by atoms with van der Waals surface area (Å²) < 4.78 is 42.5. The quantitative estimate of drug-likeness (QED) is 0.205. The highest BCUT2D eigenvalue weighted by Crippen LogP contribution is 2.46. The minimum absolute atomic E-state index is 0.0114. The normalized spacial score (nSPS) is 26.7. The maximum Gasteiger partial charge on any atom is 0.408 e. The number of nitrogens with one attached hydrogen (secondary N) is 3. The van der Waals surface area contributed by atoms with Crippen molar-refractivity contribution < 1.29 is 37.1 Å². The molecule has 0 radical (unpaired) electrons. The van der Waals surface area contributed by atoms with E-state index in [0.717, 1.165) is 49.6 Å². The summed E-state index contributed by atoms with van der Waals surface area (Å²) in [6, 6.07) is 16.9. The van der Waals surface area contributed by atoms with Crippen LogP contribution in [0.2, 0.25) is 0 Å². The first-order chi connectivity index (χ1) is 28.6. The van der Waals surface area contributed by atoms with Crippen LogP contribution in [0, 0.1) is 5.92 Å². The first-order valence-electron chi connectivity index (χ1n) is 20.9. The average Bonchev–Trinajstić information content (AvgIpc) is 4.03. The van der Waals surface area contributed by atoms with Crippen molar-refractivity contribution in [1.82, 2.24) is 34.6 Å². The van der Waals surface area contributed by atoms with Gasteiger partial charge in [-0.15, -0.1) is 0 Å². The molecule has 3 saturated carbocycles. The molecule has 0 spiro atoms. The van der Waals surface area contributed by atoms with Gasteiger partial charge in [-0.1, -0.05) is 67.5 Å².